The molecule has 4 N–H and O–H groups in total. The van der Waals surface area contributed by atoms with Gasteiger partial charge in [0.25, 0.3) is 0 Å². The van der Waals surface area contributed by atoms with Gasteiger partial charge in [0.05, 0.1) is 24.7 Å². The second kappa shape index (κ2) is 5.61. The lowest BCUT2D eigenvalue weighted by Crippen LogP contribution is -2.45. The van der Waals surface area contributed by atoms with Crippen LogP contribution in [0, 0.1) is 0 Å². The Labute approximate surface area is 90.3 Å². The van der Waals surface area contributed by atoms with Gasteiger partial charge in [-0.05, 0) is 0 Å². The molecule has 0 saturated carbocycles. The van der Waals surface area contributed by atoms with Crippen LogP contribution in [0.25, 0.3) is 0 Å². The van der Waals surface area contributed by atoms with Crippen molar-refractivity contribution < 1.29 is 19.8 Å². The van der Waals surface area contributed by atoms with E-state index in [9.17, 15) is 9.59 Å². The highest BCUT2D eigenvalue weighted by molar-refractivity contribution is 5.91. The minimum atomic E-state index is -1.34. The molecule has 0 radical (unpaired) electrons. The standard InChI is InChI=1S/C8H10N4O4/c13-3-6(7(14)15)12-8(16)11-5-1-9-4-10-2-5/h1-2,4,6,13H,3H2,(H,14,15)(H2,11,12,16)/t6-/m0/s1. The molecule has 0 aliphatic rings. The lowest BCUT2D eigenvalue weighted by molar-refractivity contribution is -0.140. The van der Waals surface area contributed by atoms with Gasteiger partial charge < -0.3 is 20.8 Å². The van der Waals surface area contributed by atoms with Gasteiger partial charge >= 0.3 is 12.0 Å². The predicted octanol–water partition coefficient (Wildman–Crippen LogP) is -0.956. The van der Waals surface area contributed by atoms with Crippen LogP contribution < -0.4 is 10.6 Å². The average molecular weight is 226 g/mol. The topological polar surface area (TPSA) is 124 Å². The molecule has 1 heterocycles. The van der Waals surface area contributed by atoms with Gasteiger partial charge in [-0.15, -0.1) is 0 Å². The zero-order chi connectivity index (χ0) is 12.0. The number of anilines is 1. The van der Waals surface area contributed by atoms with Crippen LogP contribution in [0.15, 0.2) is 18.7 Å². The SMILES string of the molecule is O=C(Nc1cncnc1)N[C@@H](CO)C(=O)O. The van der Waals surface area contributed by atoms with Crippen molar-refractivity contribution >= 4 is 17.7 Å². The first-order chi connectivity index (χ1) is 7.63. The Morgan fingerprint density at radius 3 is 2.50 bits per heavy atom. The second-order valence-electron chi connectivity index (χ2n) is 2.80. The zero-order valence-corrected chi connectivity index (χ0v) is 8.12. The number of hydrogen-bond acceptors (Lipinski definition) is 5. The molecule has 0 unspecified atom stereocenters. The highest BCUT2D eigenvalue weighted by Crippen LogP contribution is 1.99. The van der Waals surface area contributed by atoms with Crippen LogP contribution in [0.2, 0.25) is 0 Å². The maximum absolute atomic E-state index is 11.2. The number of carbonyl (C=O) groups is 2. The van der Waals surface area contributed by atoms with Gasteiger partial charge in [-0.2, -0.15) is 0 Å². The lowest BCUT2D eigenvalue weighted by atomic mass is 10.3. The van der Waals surface area contributed by atoms with Gasteiger partial charge in [0.1, 0.15) is 6.33 Å². The number of amides is 2. The molecule has 0 aromatic carbocycles. The summed E-state index contributed by atoms with van der Waals surface area (Å²) in [5.74, 6) is -1.32. The summed E-state index contributed by atoms with van der Waals surface area (Å²) in [4.78, 5) is 29.0. The summed E-state index contributed by atoms with van der Waals surface area (Å²) < 4.78 is 0. The Morgan fingerprint density at radius 1 is 1.38 bits per heavy atom. The summed E-state index contributed by atoms with van der Waals surface area (Å²) in [5, 5.41) is 21.6. The smallest absolute Gasteiger partial charge is 0.328 e. The highest BCUT2D eigenvalue weighted by atomic mass is 16.4. The van der Waals surface area contributed by atoms with E-state index in [1.807, 2.05) is 0 Å². The summed E-state index contributed by atoms with van der Waals surface area (Å²) in [6.45, 7) is -0.686. The van der Waals surface area contributed by atoms with Gasteiger partial charge in [-0.3, -0.25) is 0 Å². The number of carboxylic acids is 1. The van der Waals surface area contributed by atoms with Gasteiger partial charge in [0.15, 0.2) is 6.04 Å². The van der Waals surface area contributed by atoms with Crippen molar-refractivity contribution in [3.8, 4) is 0 Å². The maximum atomic E-state index is 11.2. The third kappa shape index (κ3) is 3.50. The van der Waals surface area contributed by atoms with Crippen molar-refractivity contribution in [3.63, 3.8) is 0 Å². The molecule has 1 aromatic rings. The molecule has 2 amide bonds. The van der Waals surface area contributed by atoms with Crippen LogP contribution in [-0.2, 0) is 4.79 Å². The Morgan fingerprint density at radius 2 is 2.00 bits per heavy atom. The van der Waals surface area contributed by atoms with E-state index in [1.165, 1.54) is 18.7 Å². The lowest BCUT2D eigenvalue weighted by Gasteiger charge is -2.11. The van der Waals surface area contributed by atoms with Gasteiger partial charge in [0.2, 0.25) is 0 Å². The van der Waals surface area contributed by atoms with Crippen LogP contribution in [0.5, 0.6) is 0 Å². The number of nitrogens with zero attached hydrogens (tertiary/aromatic N) is 2. The molecule has 0 bridgehead atoms. The fourth-order valence-electron chi connectivity index (χ4n) is 0.875. The Kier molecular flexibility index (Phi) is 4.16. The Bertz CT molecular complexity index is 370. The number of urea groups is 1. The van der Waals surface area contributed by atoms with E-state index in [0.717, 1.165) is 0 Å². The molecular formula is C8H10N4O4. The molecule has 1 rings (SSSR count). The van der Waals surface area contributed by atoms with E-state index < -0.39 is 24.6 Å². The molecule has 0 aliphatic carbocycles. The van der Waals surface area contributed by atoms with Crippen molar-refractivity contribution in [2.75, 3.05) is 11.9 Å². The van der Waals surface area contributed by atoms with Crippen molar-refractivity contribution in [1.29, 1.82) is 0 Å². The highest BCUT2D eigenvalue weighted by Gasteiger charge is 2.18. The molecule has 1 aromatic heterocycles. The molecule has 0 fully saturated rings. The quantitative estimate of drug-likeness (QED) is 0.524. The number of aliphatic hydroxyl groups excluding tert-OH is 1. The summed E-state index contributed by atoms with van der Waals surface area (Å²) in [6.07, 6.45) is 3.99. The minimum Gasteiger partial charge on any atom is -0.480 e. The van der Waals surface area contributed by atoms with E-state index in [4.69, 9.17) is 10.2 Å². The number of nitrogens with one attached hydrogen (secondary N) is 2. The van der Waals surface area contributed by atoms with E-state index >= 15 is 0 Å². The van der Waals surface area contributed by atoms with Crippen LogP contribution in [-0.4, -0.2) is 44.8 Å². The molecule has 0 spiro atoms. The average Bonchev–Trinajstić information content (AvgIpc) is 2.27. The van der Waals surface area contributed by atoms with Crippen molar-refractivity contribution in [2.45, 2.75) is 6.04 Å². The number of rotatable bonds is 4. The summed E-state index contributed by atoms with van der Waals surface area (Å²) in [5.41, 5.74) is 0.321. The van der Waals surface area contributed by atoms with Gasteiger partial charge in [0, 0.05) is 0 Å². The maximum Gasteiger partial charge on any atom is 0.328 e. The molecule has 16 heavy (non-hydrogen) atoms. The molecule has 0 aliphatic heterocycles. The normalized spacial score (nSPS) is 11.6. The van der Waals surface area contributed by atoms with Crippen molar-refractivity contribution in [1.82, 2.24) is 15.3 Å². The largest absolute Gasteiger partial charge is 0.480 e. The number of carbonyl (C=O) groups excluding carboxylic acids is 1. The molecule has 8 nitrogen and oxygen atoms in total. The fourth-order valence-corrected chi connectivity index (χ4v) is 0.875. The number of aromatic nitrogens is 2. The van der Waals surface area contributed by atoms with E-state index in [0.29, 0.717) is 5.69 Å². The summed E-state index contributed by atoms with van der Waals surface area (Å²) in [7, 11) is 0. The van der Waals surface area contributed by atoms with E-state index in [-0.39, 0.29) is 0 Å². The Hall–Kier alpha value is -2.22. The molecule has 0 saturated heterocycles. The summed E-state index contributed by atoms with van der Waals surface area (Å²) in [6, 6.07) is -2.10. The number of aliphatic carboxylic acids is 1. The molecular weight excluding hydrogens is 216 g/mol. The third-order valence-corrected chi connectivity index (χ3v) is 1.60. The van der Waals surface area contributed by atoms with Crippen molar-refractivity contribution in [2.24, 2.45) is 0 Å². The zero-order valence-electron chi connectivity index (χ0n) is 8.12. The fraction of sp³-hybridized carbons (Fsp3) is 0.250. The number of hydrogen-bond donors (Lipinski definition) is 4. The molecule has 8 heteroatoms. The van der Waals surface area contributed by atoms with Crippen LogP contribution in [0.4, 0.5) is 10.5 Å². The van der Waals surface area contributed by atoms with Gasteiger partial charge in [-0.25, -0.2) is 19.6 Å². The number of aliphatic hydroxyl groups is 1. The van der Waals surface area contributed by atoms with Crippen LogP contribution in [0.3, 0.4) is 0 Å². The number of carboxylic acid groups (broad SMARTS) is 1. The monoisotopic (exact) mass is 226 g/mol. The van der Waals surface area contributed by atoms with Gasteiger partial charge in [-0.1, -0.05) is 0 Å². The van der Waals surface area contributed by atoms with E-state index in [2.05, 4.69) is 20.6 Å². The van der Waals surface area contributed by atoms with Crippen LogP contribution >= 0.6 is 0 Å². The first-order valence-corrected chi connectivity index (χ1v) is 4.29. The third-order valence-electron chi connectivity index (χ3n) is 1.60. The van der Waals surface area contributed by atoms with Crippen LogP contribution in [0.1, 0.15) is 0 Å². The van der Waals surface area contributed by atoms with E-state index in [1.54, 1.807) is 0 Å². The minimum absolute atomic E-state index is 0.321. The first-order valence-electron chi connectivity index (χ1n) is 4.29. The second-order valence-corrected chi connectivity index (χ2v) is 2.80. The predicted molar refractivity (Wildman–Crippen MR) is 52.7 cm³/mol. The molecule has 1 atom stereocenters. The Balaban J connectivity index is 2.50. The first kappa shape index (κ1) is 11.9. The molecule has 86 valence electrons. The summed E-state index contributed by atoms with van der Waals surface area (Å²) >= 11 is 0. The van der Waals surface area contributed by atoms with Crippen molar-refractivity contribution in [3.05, 3.63) is 18.7 Å².